The lowest BCUT2D eigenvalue weighted by atomic mass is 9.97. The number of fused-ring (bicyclic) bond motifs is 4. The molecule has 0 atom stereocenters. The Kier molecular flexibility index (Phi) is 5.66. The molecule has 176 valence electrons. The van der Waals surface area contributed by atoms with E-state index in [0.717, 1.165) is 63.6 Å². The minimum atomic E-state index is -0.163. The standard InChI is InChI=1S/C26H23N5O2S2/c1-15-6-10-18(11-7-15)31-25(33)23-19-4-2-3-5-21(19)35-24(23)29-26(31)34-14-22(32)28-17-9-8-16-13-27-30-20(16)12-17/h6-13H,2-5,14H2,1H3,(H,27,30)(H,28,32). The summed E-state index contributed by atoms with van der Waals surface area (Å²) in [6.45, 7) is 2.02. The second-order valence-electron chi connectivity index (χ2n) is 8.77. The number of carbonyl (C=O) groups excluding carboxylic acids is 1. The molecular weight excluding hydrogens is 478 g/mol. The second kappa shape index (κ2) is 8.98. The summed E-state index contributed by atoms with van der Waals surface area (Å²) in [5.41, 5.74) is 4.55. The van der Waals surface area contributed by atoms with Gasteiger partial charge in [0.25, 0.3) is 5.56 Å². The molecule has 1 aliphatic carbocycles. The van der Waals surface area contributed by atoms with E-state index in [1.165, 1.54) is 16.6 Å². The number of amides is 1. The van der Waals surface area contributed by atoms with Gasteiger partial charge in [0, 0.05) is 16.0 Å². The second-order valence-corrected chi connectivity index (χ2v) is 10.8. The molecule has 0 unspecified atom stereocenters. The van der Waals surface area contributed by atoms with Gasteiger partial charge in [0.15, 0.2) is 5.16 Å². The van der Waals surface area contributed by atoms with Crippen LogP contribution in [0.3, 0.4) is 0 Å². The van der Waals surface area contributed by atoms with Crippen molar-refractivity contribution in [3.8, 4) is 5.69 Å². The number of aromatic nitrogens is 4. The predicted molar refractivity (Wildman–Crippen MR) is 142 cm³/mol. The number of carbonyl (C=O) groups is 1. The van der Waals surface area contributed by atoms with E-state index in [9.17, 15) is 9.59 Å². The first kappa shape index (κ1) is 22.1. The van der Waals surface area contributed by atoms with Crippen LogP contribution in [0.5, 0.6) is 0 Å². The van der Waals surface area contributed by atoms with Crippen LogP contribution in [0, 0.1) is 6.92 Å². The number of nitrogens with one attached hydrogen (secondary N) is 2. The van der Waals surface area contributed by atoms with E-state index < -0.39 is 0 Å². The van der Waals surface area contributed by atoms with Gasteiger partial charge in [-0.15, -0.1) is 11.3 Å². The molecule has 5 aromatic rings. The van der Waals surface area contributed by atoms with Crippen molar-refractivity contribution in [2.75, 3.05) is 11.1 Å². The van der Waals surface area contributed by atoms with Crippen LogP contribution in [0.4, 0.5) is 5.69 Å². The molecule has 0 saturated heterocycles. The zero-order chi connectivity index (χ0) is 23.9. The van der Waals surface area contributed by atoms with Gasteiger partial charge in [-0.25, -0.2) is 4.98 Å². The zero-order valence-corrected chi connectivity index (χ0v) is 20.8. The average molecular weight is 502 g/mol. The quantitative estimate of drug-likeness (QED) is 0.254. The molecule has 0 bridgehead atoms. The topological polar surface area (TPSA) is 92.7 Å². The lowest BCUT2D eigenvalue weighted by Crippen LogP contribution is -2.23. The van der Waals surface area contributed by atoms with Crippen LogP contribution in [-0.2, 0) is 17.6 Å². The van der Waals surface area contributed by atoms with Crippen molar-refractivity contribution in [2.45, 2.75) is 37.8 Å². The number of aromatic amines is 1. The third-order valence-electron chi connectivity index (χ3n) is 6.31. The number of rotatable bonds is 5. The number of benzene rings is 2. The Labute approximate surface area is 209 Å². The Bertz CT molecular complexity index is 1630. The molecule has 35 heavy (non-hydrogen) atoms. The number of aryl methyl sites for hydroxylation is 3. The smallest absolute Gasteiger partial charge is 0.267 e. The summed E-state index contributed by atoms with van der Waals surface area (Å²) < 4.78 is 1.66. The van der Waals surface area contributed by atoms with Crippen LogP contribution >= 0.6 is 23.1 Å². The number of hydrogen-bond acceptors (Lipinski definition) is 6. The summed E-state index contributed by atoms with van der Waals surface area (Å²) in [5.74, 6) is -0.0280. The van der Waals surface area contributed by atoms with Gasteiger partial charge in [0.05, 0.1) is 28.5 Å². The van der Waals surface area contributed by atoms with Crippen molar-refractivity contribution in [3.05, 3.63) is 75.0 Å². The van der Waals surface area contributed by atoms with Crippen molar-refractivity contribution in [3.63, 3.8) is 0 Å². The molecule has 0 radical (unpaired) electrons. The monoisotopic (exact) mass is 501 g/mol. The van der Waals surface area contributed by atoms with Crippen LogP contribution in [-0.4, -0.2) is 31.4 Å². The fraction of sp³-hybridized carbons (Fsp3) is 0.231. The van der Waals surface area contributed by atoms with Gasteiger partial charge < -0.3 is 5.32 Å². The average Bonchev–Trinajstić information content (AvgIpc) is 3.47. The van der Waals surface area contributed by atoms with Gasteiger partial charge in [-0.05, 0) is 68.5 Å². The maximum absolute atomic E-state index is 13.8. The Balaban J connectivity index is 1.34. The summed E-state index contributed by atoms with van der Waals surface area (Å²) in [5, 5.41) is 12.1. The van der Waals surface area contributed by atoms with Gasteiger partial charge >= 0.3 is 0 Å². The molecular formula is C26H23N5O2S2. The van der Waals surface area contributed by atoms with E-state index in [0.29, 0.717) is 10.8 Å². The molecule has 1 amide bonds. The highest BCUT2D eigenvalue weighted by Crippen LogP contribution is 2.35. The summed E-state index contributed by atoms with van der Waals surface area (Å²) >= 11 is 2.91. The number of thioether (sulfide) groups is 1. The molecule has 3 heterocycles. The summed E-state index contributed by atoms with van der Waals surface area (Å²) in [6, 6.07) is 13.5. The molecule has 0 aliphatic heterocycles. The predicted octanol–water partition coefficient (Wildman–Crippen LogP) is 5.24. The molecule has 2 N–H and O–H groups in total. The molecule has 9 heteroatoms. The van der Waals surface area contributed by atoms with Crippen molar-refractivity contribution >= 4 is 55.8 Å². The summed E-state index contributed by atoms with van der Waals surface area (Å²) in [7, 11) is 0. The Morgan fingerprint density at radius 2 is 2.00 bits per heavy atom. The SMILES string of the molecule is Cc1ccc(-n2c(SCC(=O)Nc3ccc4cn[nH]c4c3)nc3sc4c(c3c2=O)CCCC4)cc1. The fourth-order valence-electron chi connectivity index (χ4n) is 4.55. The molecule has 0 fully saturated rings. The number of nitrogens with zero attached hydrogens (tertiary/aromatic N) is 3. The molecule has 1 aliphatic rings. The highest BCUT2D eigenvalue weighted by atomic mass is 32.2. The van der Waals surface area contributed by atoms with Gasteiger partial charge in [-0.3, -0.25) is 19.3 Å². The summed E-state index contributed by atoms with van der Waals surface area (Å²) in [4.78, 5) is 33.6. The third-order valence-corrected chi connectivity index (χ3v) is 8.43. The first-order valence-electron chi connectivity index (χ1n) is 11.6. The van der Waals surface area contributed by atoms with Crippen LogP contribution in [0.1, 0.15) is 28.8 Å². The third kappa shape index (κ3) is 4.15. The normalized spacial score (nSPS) is 13.3. The van der Waals surface area contributed by atoms with E-state index in [-0.39, 0.29) is 17.2 Å². The van der Waals surface area contributed by atoms with Gasteiger partial charge in [-0.2, -0.15) is 5.10 Å². The van der Waals surface area contributed by atoms with Crippen LogP contribution < -0.4 is 10.9 Å². The first-order valence-corrected chi connectivity index (χ1v) is 13.4. The highest BCUT2D eigenvalue weighted by molar-refractivity contribution is 7.99. The van der Waals surface area contributed by atoms with E-state index in [1.807, 2.05) is 49.4 Å². The van der Waals surface area contributed by atoms with Crippen LogP contribution in [0.15, 0.2) is 58.6 Å². The van der Waals surface area contributed by atoms with Crippen LogP contribution in [0.2, 0.25) is 0 Å². The number of H-pyrrole nitrogens is 1. The lowest BCUT2D eigenvalue weighted by Gasteiger charge is -2.14. The summed E-state index contributed by atoms with van der Waals surface area (Å²) in [6.07, 6.45) is 5.93. The Morgan fingerprint density at radius 1 is 1.17 bits per heavy atom. The minimum Gasteiger partial charge on any atom is -0.325 e. The van der Waals surface area contributed by atoms with Gasteiger partial charge in [0.2, 0.25) is 5.91 Å². The van der Waals surface area contributed by atoms with Gasteiger partial charge in [-0.1, -0.05) is 29.5 Å². The van der Waals surface area contributed by atoms with Crippen molar-refractivity contribution < 1.29 is 4.79 Å². The first-order chi connectivity index (χ1) is 17.1. The minimum absolute atomic E-state index is 0.0501. The largest absolute Gasteiger partial charge is 0.325 e. The number of anilines is 1. The van der Waals surface area contributed by atoms with E-state index in [1.54, 1.807) is 22.1 Å². The highest BCUT2D eigenvalue weighted by Gasteiger charge is 2.23. The van der Waals surface area contributed by atoms with E-state index in [4.69, 9.17) is 4.98 Å². The molecule has 0 spiro atoms. The number of hydrogen-bond donors (Lipinski definition) is 2. The molecule has 7 nitrogen and oxygen atoms in total. The Hall–Kier alpha value is -3.43. The van der Waals surface area contributed by atoms with E-state index >= 15 is 0 Å². The van der Waals surface area contributed by atoms with Crippen LogP contribution in [0.25, 0.3) is 26.8 Å². The van der Waals surface area contributed by atoms with Crippen molar-refractivity contribution in [1.82, 2.24) is 19.7 Å². The molecule has 0 saturated carbocycles. The molecule has 3 aromatic heterocycles. The van der Waals surface area contributed by atoms with Crippen molar-refractivity contribution in [1.29, 1.82) is 0 Å². The Morgan fingerprint density at radius 3 is 2.86 bits per heavy atom. The van der Waals surface area contributed by atoms with Crippen molar-refractivity contribution in [2.24, 2.45) is 0 Å². The molecule has 2 aromatic carbocycles. The maximum atomic E-state index is 13.8. The zero-order valence-electron chi connectivity index (χ0n) is 19.1. The fourth-order valence-corrected chi connectivity index (χ4v) is 6.66. The lowest BCUT2D eigenvalue weighted by molar-refractivity contribution is -0.113. The maximum Gasteiger partial charge on any atom is 0.267 e. The number of thiophene rings is 1. The molecule has 6 rings (SSSR count). The van der Waals surface area contributed by atoms with E-state index in [2.05, 4.69) is 15.5 Å². The van der Waals surface area contributed by atoms with Gasteiger partial charge in [0.1, 0.15) is 4.83 Å².